The predicted octanol–water partition coefficient (Wildman–Crippen LogP) is 3.62. The van der Waals surface area contributed by atoms with Crippen LogP contribution in [0.3, 0.4) is 0 Å². The van der Waals surface area contributed by atoms with Crippen LogP contribution in [0.5, 0.6) is 10.8 Å². The number of aromatic nitrogens is 1. The Balaban J connectivity index is 1.84. The number of aliphatic hydroxyl groups is 1. The quantitative estimate of drug-likeness (QED) is 0.788. The van der Waals surface area contributed by atoms with Crippen molar-refractivity contribution < 1.29 is 9.84 Å². The molecule has 0 aliphatic heterocycles. The Kier molecular flexibility index (Phi) is 3.44. The van der Waals surface area contributed by atoms with Crippen molar-refractivity contribution in [1.29, 1.82) is 0 Å². The van der Waals surface area contributed by atoms with Gasteiger partial charge in [-0.3, -0.25) is 0 Å². The predicted molar refractivity (Wildman–Crippen MR) is 76.9 cm³/mol. The Morgan fingerprint density at radius 3 is 2.63 bits per heavy atom. The summed E-state index contributed by atoms with van der Waals surface area (Å²) in [7, 11) is 0. The van der Waals surface area contributed by atoms with Crippen LogP contribution in [0.25, 0.3) is 10.9 Å². The summed E-state index contributed by atoms with van der Waals surface area (Å²) in [5, 5.41) is 10.7. The number of aliphatic hydroxyl groups excluding tert-OH is 1. The number of benzene rings is 2. The van der Waals surface area contributed by atoms with Gasteiger partial charge in [-0.05, 0) is 36.2 Å². The van der Waals surface area contributed by atoms with Crippen LogP contribution in [-0.2, 0) is 6.42 Å². The first-order valence-electron chi connectivity index (χ1n) is 6.09. The smallest absolute Gasteiger partial charge is 0.207 e. The molecule has 0 atom stereocenters. The molecule has 3 rings (SSSR count). The van der Waals surface area contributed by atoms with Crippen LogP contribution >= 0.6 is 11.5 Å². The van der Waals surface area contributed by atoms with Crippen LogP contribution < -0.4 is 4.74 Å². The lowest BCUT2D eigenvalue weighted by Crippen LogP contribution is -1.90. The lowest BCUT2D eigenvalue weighted by Gasteiger charge is -2.04. The van der Waals surface area contributed by atoms with Crippen LogP contribution in [0.15, 0.2) is 48.5 Å². The highest BCUT2D eigenvalue weighted by atomic mass is 32.1. The van der Waals surface area contributed by atoms with Crippen molar-refractivity contribution in [2.24, 2.45) is 0 Å². The summed E-state index contributed by atoms with van der Waals surface area (Å²) in [5.74, 6) is 0.788. The number of nitrogens with zero attached hydrogens (tertiary/aromatic N) is 1. The average molecular weight is 271 g/mol. The summed E-state index contributed by atoms with van der Waals surface area (Å²) in [4.78, 5) is 0. The van der Waals surface area contributed by atoms with E-state index >= 15 is 0 Å². The van der Waals surface area contributed by atoms with E-state index in [2.05, 4.69) is 4.37 Å². The molecule has 0 spiro atoms. The van der Waals surface area contributed by atoms with Gasteiger partial charge in [-0.25, -0.2) is 0 Å². The third-order valence-corrected chi connectivity index (χ3v) is 3.64. The highest BCUT2D eigenvalue weighted by Gasteiger charge is 2.07. The van der Waals surface area contributed by atoms with Crippen LogP contribution in [0.1, 0.15) is 5.56 Å². The highest BCUT2D eigenvalue weighted by molar-refractivity contribution is 7.09. The maximum Gasteiger partial charge on any atom is 0.207 e. The van der Waals surface area contributed by atoms with Gasteiger partial charge >= 0.3 is 0 Å². The summed E-state index contributed by atoms with van der Waals surface area (Å²) < 4.78 is 10.2. The van der Waals surface area contributed by atoms with E-state index < -0.39 is 0 Å². The second-order valence-electron chi connectivity index (χ2n) is 4.21. The minimum Gasteiger partial charge on any atom is -0.444 e. The minimum absolute atomic E-state index is 0.166. The Morgan fingerprint density at radius 2 is 1.84 bits per heavy atom. The molecular weight excluding hydrogens is 258 g/mol. The molecule has 0 saturated heterocycles. The Morgan fingerprint density at radius 1 is 1.05 bits per heavy atom. The van der Waals surface area contributed by atoms with E-state index in [1.165, 1.54) is 11.5 Å². The summed E-state index contributed by atoms with van der Waals surface area (Å²) in [6.07, 6.45) is 0.670. The molecule has 1 heterocycles. The zero-order chi connectivity index (χ0) is 13.1. The molecule has 19 heavy (non-hydrogen) atoms. The molecule has 3 aromatic rings. The molecule has 2 aromatic carbocycles. The van der Waals surface area contributed by atoms with E-state index in [1.54, 1.807) is 0 Å². The number of rotatable bonds is 4. The van der Waals surface area contributed by atoms with Gasteiger partial charge in [-0.2, -0.15) is 4.37 Å². The number of ether oxygens (including phenoxy) is 1. The number of hydrogen-bond donors (Lipinski definition) is 1. The largest absolute Gasteiger partial charge is 0.444 e. The van der Waals surface area contributed by atoms with Crippen molar-refractivity contribution in [3.8, 4) is 10.8 Å². The zero-order valence-electron chi connectivity index (χ0n) is 10.2. The fourth-order valence-electron chi connectivity index (χ4n) is 1.90. The summed E-state index contributed by atoms with van der Waals surface area (Å²) in [6.45, 7) is 0.166. The molecule has 4 heteroatoms. The monoisotopic (exact) mass is 271 g/mol. The molecular formula is C15H13NO2S. The van der Waals surface area contributed by atoms with Crippen LogP contribution in [0.4, 0.5) is 0 Å². The average Bonchev–Trinajstić information content (AvgIpc) is 2.85. The third kappa shape index (κ3) is 2.59. The van der Waals surface area contributed by atoms with Gasteiger partial charge in [0, 0.05) is 18.1 Å². The third-order valence-electron chi connectivity index (χ3n) is 2.89. The van der Waals surface area contributed by atoms with Crippen molar-refractivity contribution in [2.45, 2.75) is 6.42 Å². The van der Waals surface area contributed by atoms with Crippen molar-refractivity contribution in [3.63, 3.8) is 0 Å². The molecule has 0 radical (unpaired) electrons. The van der Waals surface area contributed by atoms with Gasteiger partial charge in [-0.1, -0.05) is 24.3 Å². The van der Waals surface area contributed by atoms with Gasteiger partial charge in [0.15, 0.2) is 0 Å². The lowest BCUT2D eigenvalue weighted by atomic mass is 10.1. The molecule has 3 nitrogen and oxygen atoms in total. The van der Waals surface area contributed by atoms with Crippen LogP contribution in [-0.4, -0.2) is 16.1 Å². The normalized spacial score (nSPS) is 10.8. The number of fused-ring (bicyclic) bond motifs is 1. The van der Waals surface area contributed by atoms with E-state index in [-0.39, 0.29) is 6.61 Å². The van der Waals surface area contributed by atoms with E-state index in [4.69, 9.17) is 9.84 Å². The minimum atomic E-state index is 0.166. The lowest BCUT2D eigenvalue weighted by molar-refractivity contribution is 0.299. The van der Waals surface area contributed by atoms with Gasteiger partial charge in [0.05, 0.1) is 10.9 Å². The Bertz CT molecular complexity index is 676. The first-order valence-corrected chi connectivity index (χ1v) is 6.86. The van der Waals surface area contributed by atoms with E-state index in [0.29, 0.717) is 6.42 Å². The van der Waals surface area contributed by atoms with Gasteiger partial charge < -0.3 is 9.84 Å². The van der Waals surface area contributed by atoms with Gasteiger partial charge in [0.25, 0.3) is 0 Å². The molecule has 0 fully saturated rings. The Labute approximate surface area is 115 Å². The second kappa shape index (κ2) is 5.38. The molecule has 0 unspecified atom stereocenters. The van der Waals surface area contributed by atoms with Gasteiger partial charge in [0.2, 0.25) is 5.06 Å². The molecule has 0 aliphatic carbocycles. The molecule has 1 aromatic heterocycles. The first-order chi connectivity index (χ1) is 9.36. The van der Waals surface area contributed by atoms with Gasteiger partial charge in [-0.15, -0.1) is 0 Å². The topological polar surface area (TPSA) is 42.4 Å². The maximum atomic E-state index is 8.88. The Hall–Kier alpha value is -1.91. The zero-order valence-corrected chi connectivity index (χ0v) is 11.1. The molecule has 0 bridgehead atoms. The van der Waals surface area contributed by atoms with Crippen molar-refractivity contribution >= 4 is 22.4 Å². The van der Waals surface area contributed by atoms with E-state index in [0.717, 1.165) is 27.3 Å². The highest BCUT2D eigenvalue weighted by Crippen LogP contribution is 2.33. The standard InChI is InChI=1S/C15H13NO2S/c17-10-9-11-5-7-12(8-6-11)18-15-13-3-1-2-4-14(13)16-19-15/h1-8,17H,9-10H2. The molecule has 0 saturated carbocycles. The summed E-state index contributed by atoms with van der Waals surface area (Å²) in [6, 6.07) is 15.7. The fourth-order valence-corrected chi connectivity index (χ4v) is 2.64. The van der Waals surface area contributed by atoms with Crippen LogP contribution in [0.2, 0.25) is 0 Å². The molecule has 1 N–H and O–H groups in total. The summed E-state index contributed by atoms with van der Waals surface area (Å²) in [5.41, 5.74) is 2.06. The van der Waals surface area contributed by atoms with E-state index in [1.807, 2.05) is 48.5 Å². The van der Waals surface area contributed by atoms with Crippen molar-refractivity contribution in [1.82, 2.24) is 4.37 Å². The fraction of sp³-hybridized carbons (Fsp3) is 0.133. The second-order valence-corrected chi connectivity index (χ2v) is 4.94. The summed E-state index contributed by atoms with van der Waals surface area (Å²) >= 11 is 1.36. The first kappa shape index (κ1) is 12.1. The van der Waals surface area contributed by atoms with Gasteiger partial charge in [0.1, 0.15) is 5.75 Å². The van der Waals surface area contributed by atoms with E-state index in [9.17, 15) is 0 Å². The maximum absolute atomic E-state index is 8.88. The molecule has 0 aliphatic rings. The van der Waals surface area contributed by atoms with Crippen molar-refractivity contribution in [3.05, 3.63) is 54.1 Å². The SMILES string of the molecule is OCCc1ccc(Oc2snc3ccccc23)cc1. The molecule has 0 amide bonds. The number of hydrogen-bond acceptors (Lipinski definition) is 4. The van der Waals surface area contributed by atoms with Crippen LogP contribution in [0, 0.1) is 0 Å². The van der Waals surface area contributed by atoms with Crippen molar-refractivity contribution in [2.75, 3.05) is 6.61 Å². The molecule has 96 valence electrons.